The van der Waals surface area contributed by atoms with Crippen LogP contribution in [0.25, 0.3) is 10.2 Å². The number of nitrogens with zero attached hydrogens (tertiary/aromatic N) is 4. The van der Waals surface area contributed by atoms with Gasteiger partial charge >= 0.3 is 0 Å². The summed E-state index contributed by atoms with van der Waals surface area (Å²) in [5.74, 6) is 0.135. The number of halogens is 1. The molecule has 1 saturated heterocycles. The minimum absolute atomic E-state index is 0.135. The minimum Gasteiger partial charge on any atom is -0.335 e. The molecule has 0 unspecified atom stereocenters. The number of carbonyl (C=O) groups excluding carboxylic acids is 1. The lowest BCUT2D eigenvalue weighted by atomic mass is 10.2. The quantitative estimate of drug-likeness (QED) is 0.664. The Bertz CT molecular complexity index is 972. The van der Waals surface area contributed by atoms with E-state index in [-0.39, 0.29) is 5.91 Å². The van der Waals surface area contributed by atoms with Crippen LogP contribution >= 0.6 is 22.9 Å². The number of likely N-dealkylation sites (N-methyl/N-ethyl adjacent to an activating group) is 1. The van der Waals surface area contributed by atoms with E-state index < -0.39 is 0 Å². The van der Waals surface area contributed by atoms with Gasteiger partial charge in [0, 0.05) is 36.6 Å². The smallest absolute Gasteiger partial charge is 0.264 e. The summed E-state index contributed by atoms with van der Waals surface area (Å²) in [7, 11) is 0. The molecule has 5 nitrogen and oxygen atoms in total. The topological polar surface area (TPSA) is 41.4 Å². The fourth-order valence-corrected chi connectivity index (χ4v) is 4.86. The lowest BCUT2D eigenvalue weighted by Crippen LogP contribution is -2.48. The summed E-state index contributed by atoms with van der Waals surface area (Å²) >= 11 is 7.84. The van der Waals surface area contributed by atoms with E-state index in [1.54, 1.807) is 0 Å². The molecule has 1 fully saturated rings. The number of carbonyl (C=O) groups is 1. The molecular formula is C20H23ClN4OS. The van der Waals surface area contributed by atoms with Crippen molar-refractivity contribution in [1.82, 2.24) is 19.6 Å². The Balaban J connectivity index is 1.59. The van der Waals surface area contributed by atoms with Gasteiger partial charge in [0.2, 0.25) is 0 Å². The van der Waals surface area contributed by atoms with Gasteiger partial charge in [-0.2, -0.15) is 5.10 Å². The van der Waals surface area contributed by atoms with Crippen LogP contribution in [0.15, 0.2) is 30.3 Å². The Morgan fingerprint density at radius 2 is 1.96 bits per heavy atom. The first-order valence-corrected chi connectivity index (χ1v) is 10.5. The van der Waals surface area contributed by atoms with Crippen LogP contribution in [0, 0.1) is 6.92 Å². The number of aryl methyl sites for hydroxylation is 1. The number of piperazine rings is 1. The number of hydrogen-bond donors (Lipinski definition) is 0. The lowest BCUT2D eigenvalue weighted by molar-refractivity contribution is 0.0648. The molecule has 3 heterocycles. The Morgan fingerprint density at radius 3 is 2.67 bits per heavy atom. The molecule has 0 aliphatic carbocycles. The Labute approximate surface area is 168 Å². The van der Waals surface area contributed by atoms with E-state index in [0.29, 0.717) is 6.54 Å². The summed E-state index contributed by atoms with van der Waals surface area (Å²) in [5, 5.41) is 6.45. The zero-order chi connectivity index (χ0) is 19.0. The van der Waals surface area contributed by atoms with Crippen LogP contribution in [-0.4, -0.2) is 58.2 Å². The first-order valence-electron chi connectivity index (χ1n) is 9.28. The van der Waals surface area contributed by atoms with E-state index in [1.807, 2.05) is 46.8 Å². The highest BCUT2D eigenvalue weighted by atomic mass is 35.5. The molecule has 0 bridgehead atoms. The highest BCUT2D eigenvalue weighted by Crippen LogP contribution is 2.30. The number of amides is 1. The van der Waals surface area contributed by atoms with Crippen molar-refractivity contribution < 1.29 is 4.79 Å². The van der Waals surface area contributed by atoms with Gasteiger partial charge in [0.05, 0.1) is 17.1 Å². The summed E-state index contributed by atoms with van der Waals surface area (Å²) in [5.41, 5.74) is 1.98. The van der Waals surface area contributed by atoms with Crippen molar-refractivity contribution in [1.29, 1.82) is 0 Å². The van der Waals surface area contributed by atoms with Crippen LogP contribution in [0.4, 0.5) is 0 Å². The number of aromatic nitrogens is 2. The SMILES string of the molecule is CCN1CCN(C(=O)c2cc3c(C)nn(Cc4ccccc4Cl)c3s2)CC1. The maximum absolute atomic E-state index is 13.0. The minimum atomic E-state index is 0.135. The van der Waals surface area contributed by atoms with Gasteiger partial charge in [0.15, 0.2) is 0 Å². The summed E-state index contributed by atoms with van der Waals surface area (Å²) in [6.45, 7) is 9.30. The first kappa shape index (κ1) is 18.5. The molecule has 0 atom stereocenters. The summed E-state index contributed by atoms with van der Waals surface area (Å²) in [6.07, 6.45) is 0. The van der Waals surface area contributed by atoms with E-state index >= 15 is 0 Å². The second-order valence-corrected chi connectivity index (χ2v) is 8.33. The number of hydrogen-bond acceptors (Lipinski definition) is 4. The predicted molar refractivity (Wildman–Crippen MR) is 111 cm³/mol. The van der Waals surface area contributed by atoms with Crippen molar-refractivity contribution >= 4 is 39.1 Å². The monoisotopic (exact) mass is 402 g/mol. The van der Waals surface area contributed by atoms with Crippen molar-refractivity contribution in [3.05, 3.63) is 51.5 Å². The first-order chi connectivity index (χ1) is 13.1. The van der Waals surface area contributed by atoms with Gasteiger partial charge in [-0.05, 0) is 31.2 Å². The average molecular weight is 403 g/mol. The average Bonchev–Trinajstić information content (AvgIpc) is 3.24. The number of benzene rings is 1. The molecule has 0 spiro atoms. The number of fused-ring (bicyclic) bond motifs is 1. The molecule has 7 heteroatoms. The fraction of sp³-hybridized carbons (Fsp3) is 0.400. The molecule has 0 radical (unpaired) electrons. The molecule has 0 saturated carbocycles. The summed E-state index contributed by atoms with van der Waals surface area (Å²) in [4.78, 5) is 19.1. The molecule has 2 aromatic heterocycles. The number of rotatable bonds is 4. The van der Waals surface area contributed by atoms with Crippen molar-refractivity contribution in [2.75, 3.05) is 32.7 Å². The third-order valence-corrected chi connectivity index (χ3v) is 6.71. The standard InChI is InChI=1S/C20H23ClN4OS/c1-3-23-8-10-24(11-9-23)19(26)18-12-16-14(2)22-25(20(16)27-18)13-15-6-4-5-7-17(15)21/h4-7,12H,3,8-11,13H2,1-2H3. The predicted octanol–water partition coefficient (Wildman–Crippen LogP) is 3.89. The molecule has 27 heavy (non-hydrogen) atoms. The molecule has 1 amide bonds. The maximum Gasteiger partial charge on any atom is 0.264 e. The van der Waals surface area contributed by atoms with Crippen molar-refractivity contribution in [3.63, 3.8) is 0 Å². The Kier molecular flexibility index (Phi) is 5.21. The molecule has 3 aromatic rings. The Hall–Kier alpha value is -1.89. The van der Waals surface area contributed by atoms with Gasteiger partial charge in [-0.3, -0.25) is 9.48 Å². The summed E-state index contributed by atoms with van der Waals surface area (Å²) in [6, 6.07) is 9.81. The molecule has 0 N–H and O–H groups in total. The van der Waals surface area contributed by atoms with Crippen LogP contribution < -0.4 is 0 Å². The van der Waals surface area contributed by atoms with E-state index in [4.69, 9.17) is 11.6 Å². The van der Waals surface area contributed by atoms with Gasteiger partial charge < -0.3 is 9.80 Å². The maximum atomic E-state index is 13.0. The van der Waals surface area contributed by atoms with Crippen LogP contribution in [0.1, 0.15) is 27.9 Å². The van der Waals surface area contributed by atoms with Gasteiger partial charge in [-0.25, -0.2) is 0 Å². The van der Waals surface area contributed by atoms with E-state index in [9.17, 15) is 4.79 Å². The third-order valence-electron chi connectivity index (χ3n) is 5.20. The van der Waals surface area contributed by atoms with Gasteiger partial charge in [-0.15, -0.1) is 11.3 Å². The van der Waals surface area contributed by atoms with Crippen LogP contribution in [-0.2, 0) is 6.54 Å². The van der Waals surface area contributed by atoms with E-state index in [0.717, 1.165) is 64.1 Å². The van der Waals surface area contributed by atoms with E-state index in [2.05, 4.69) is 16.9 Å². The van der Waals surface area contributed by atoms with Crippen LogP contribution in [0.5, 0.6) is 0 Å². The van der Waals surface area contributed by atoms with Crippen molar-refractivity contribution in [2.45, 2.75) is 20.4 Å². The van der Waals surface area contributed by atoms with Crippen LogP contribution in [0.2, 0.25) is 5.02 Å². The van der Waals surface area contributed by atoms with Gasteiger partial charge in [0.1, 0.15) is 4.83 Å². The van der Waals surface area contributed by atoms with Gasteiger partial charge in [0.25, 0.3) is 5.91 Å². The zero-order valence-corrected chi connectivity index (χ0v) is 17.2. The van der Waals surface area contributed by atoms with Crippen LogP contribution in [0.3, 0.4) is 0 Å². The highest BCUT2D eigenvalue weighted by molar-refractivity contribution is 7.20. The lowest BCUT2D eigenvalue weighted by Gasteiger charge is -2.33. The second-order valence-electron chi connectivity index (χ2n) is 6.89. The summed E-state index contributed by atoms with van der Waals surface area (Å²) < 4.78 is 1.96. The second kappa shape index (κ2) is 7.62. The molecule has 1 aromatic carbocycles. The van der Waals surface area contributed by atoms with Gasteiger partial charge in [-0.1, -0.05) is 36.7 Å². The third kappa shape index (κ3) is 3.61. The molecule has 4 rings (SSSR count). The number of thiophene rings is 1. The van der Waals surface area contributed by atoms with Crippen molar-refractivity contribution in [3.8, 4) is 0 Å². The largest absolute Gasteiger partial charge is 0.335 e. The molecule has 142 valence electrons. The highest BCUT2D eigenvalue weighted by Gasteiger charge is 2.24. The van der Waals surface area contributed by atoms with Crippen molar-refractivity contribution in [2.24, 2.45) is 0 Å². The molecule has 1 aliphatic heterocycles. The van der Waals surface area contributed by atoms with E-state index in [1.165, 1.54) is 11.3 Å². The molecular weight excluding hydrogens is 380 g/mol. The molecule has 1 aliphatic rings. The normalized spacial score (nSPS) is 15.6. The Morgan fingerprint density at radius 1 is 1.22 bits per heavy atom. The fourth-order valence-electron chi connectivity index (χ4n) is 3.54. The zero-order valence-electron chi connectivity index (χ0n) is 15.6.